The topological polar surface area (TPSA) is 63.2 Å². The predicted molar refractivity (Wildman–Crippen MR) is 60.1 cm³/mol. The normalized spacial score (nSPS) is 20.2. The van der Waals surface area contributed by atoms with Crippen LogP contribution in [0.15, 0.2) is 17.0 Å². The smallest absolute Gasteiger partial charge is 0.236 e. The molecule has 0 aliphatic carbocycles. The van der Waals surface area contributed by atoms with Gasteiger partial charge in [-0.15, -0.1) is 0 Å². The van der Waals surface area contributed by atoms with Crippen LogP contribution in [0.1, 0.15) is 12.8 Å². The molecule has 1 aromatic rings. The Labute approximate surface area is 96.7 Å². The van der Waals surface area contributed by atoms with E-state index in [1.165, 1.54) is 16.7 Å². The third kappa shape index (κ3) is 2.28. The number of aromatic nitrogens is 2. The molecule has 1 saturated heterocycles. The maximum absolute atomic E-state index is 11.7. The van der Waals surface area contributed by atoms with E-state index in [1.54, 1.807) is 0 Å². The Morgan fingerprint density at radius 3 is 2.67 bits per heavy atom. The maximum Gasteiger partial charge on any atom is 0.236 e. The lowest BCUT2D eigenvalue weighted by Crippen LogP contribution is -2.38. The SMILES string of the molecule is O=S1(=O)CCCCN1c1cnc(Br)cn1. The van der Waals surface area contributed by atoms with Gasteiger partial charge in [0.15, 0.2) is 5.82 Å². The highest BCUT2D eigenvalue weighted by atomic mass is 79.9. The molecule has 5 nitrogen and oxygen atoms in total. The van der Waals surface area contributed by atoms with Gasteiger partial charge in [-0.05, 0) is 28.8 Å². The highest BCUT2D eigenvalue weighted by Gasteiger charge is 2.26. The van der Waals surface area contributed by atoms with Crippen LogP contribution in [-0.4, -0.2) is 30.7 Å². The summed E-state index contributed by atoms with van der Waals surface area (Å²) in [5.74, 6) is 0.600. The molecule has 82 valence electrons. The van der Waals surface area contributed by atoms with Crippen LogP contribution in [-0.2, 0) is 10.0 Å². The van der Waals surface area contributed by atoms with Gasteiger partial charge in [-0.2, -0.15) is 0 Å². The molecule has 2 rings (SSSR count). The van der Waals surface area contributed by atoms with Crippen molar-refractivity contribution in [2.75, 3.05) is 16.6 Å². The van der Waals surface area contributed by atoms with Crippen molar-refractivity contribution in [3.05, 3.63) is 17.0 Å². The number of hydrogen-bond donors (Lipinski definition) is 0. The Morgan fingerprint density at radius 1 is 1.27 bits per heavy atom. The third-order valence-corrected chi connectivity index (χ3v) is 4.47. The highest BCUT2D eigenvalue weighted by Crippen LogP contribution is 2.20. The lowest BCUT2D eigenvalue weighted by atomic mass is 10.3. The molecule has 7 heteroatoms. The number of sulfonamides is 1. The molecule has 0 atom stereocenters. The van der Waals surface area contributed by atoms with Crippen molar-refractivity contribution >= 4 is 31.8 Å². The average molecular weight is 292 g/mol. The minimum atomic E-state index is -3.17. The first kappa shape index (κ1) is 10.8. The number of anilines is 1. The fraction of sp³-hybridized carbons (Fsp3) is 0.500. The number of rotatable bonds is 1. The second kappa shape index (κ2) is 4.05. The van der Waals surface area contributed by atoms with Crippen molar-refractivity contribution in [2.24, 2.45) is 0 Å². The zero-order chi connectivity index (χ0) is 10.9. The van der Waals surface area contributed by atoms with Gasteiger partial charge in [0.2, 0.25) is 10.0 Å². The molecule has 0 bridgehead atoms. The molecule has 0 saturated carbocycles. The Morgan fingerprint density at radius 2 is 2.07 bits per heavy atom. The van der Waals surface area contributed by atoms with Gasteiger partial charge in [0, 0.05) is 6.54 Å². The van der Waals surface area contributed by atoms with Gasteiger partial charge in [-0.25, -0.2) is 18.4 Å². The summed E-state index contributed by atoms with van der Waals surface area (Å²) in [6, 6.07) is 0. The minimum Gasteiger partial charge on any atom is -0.252 e. The summed E-state index contributed by atoms with van der Waals surface area (Å²) in [5, 5.41) is 0. The molecule has 1 aromatic heterocycles. The molecule has 0 aromatic carbocycles. The molecule has 2 heterocycles. The predicted octanol–water partition coefficient (Wildman–Crippen LogP) is 1.17. The van der Waals surface area contributed by atoms with Crippen LogP contribution in [0, 0.1) is 0 Å². The zero-order valence-corrected chi connectivity index (χ0v) is 10.3. The first-order chi connectivity index (χ1) is 7.09. The number of hydrogen-bond acceptors (Lipinski definition) is 4. The van der Waals surface area contributed by atoms with Crippen molar-refractivity contribution in [1.82, 2.24) is 9.97 Å². The standard InChI is InChI=1S/C8H10BrN3O2S/c9-7-5-11-8(6-10-7)12-3-1-2-4-15(12,13)14/h5-6H,1-4H2. The summed E-state index contributed by atoms with van der Waals surface area (Å²) in [5.41, 5.74) is 0. The third-order valence-electron chi connectivity index (χ3n) is 2.21. The Balaban J connectivity index is 2.33. The number of nitrogens with zero attached hydrogens (tertiary/aromatic N) is 3. The molecular formula is C8H10BrN3O2S. The quantitative estimate of drug-likeness (QED) is 0.779. The maximum atomic E-state index is 11.7. The molecule has 0 radical (unpaired) electrons. The molecular weight excluding hydrogens is 282 g/mol. The fourth-order valence-electron chi connectivity index (χ4n) is 1.48. The van der Waals surface area contributed by atoms with Crippen LogP contribution in [0.2, 0.25) is 0 Å². The summed E-state index contributed by atoms with van der Waals surface area (Å²) < 4.78 is 25.4. The Kier molecular flexibility index (Phi) is 2.92. The van der Waals surface area contributed by atoms with Gasteiger partial charge >= 0.3 is 0 Å². The first-order valence-electron chi connectivity index (χ1n) is 4.57. The lowest BCUT2D eigenvalue weighted by Gasteiger charge is -2.26. The van der Waals surface area contributed by atoms with Gasteiger partial charge in [0.05, 0.1) is 18.1 Å². The second-order valence-corrected chi connectivity index (χ2v) is 6.12. The van der Waals surface area contributed by atoms with Crippen LogP contribution in [0.25, 0.3) is 0 Å². The lowest BCUT2D eigenvalue weighted by molar-refractivity contribution is 0.573. The summed E-state index contributed by atoms with van der Waals surface area (Å²) in [6.45, 7) is 0.499. The van der Waals surface area contributed by atoms with Crippen molar-refractivity contribution < 1.29 is 8.42 Å². The summed E-state index contributed by atoms with van der Waals surface area (Å²) in [6.07, 6.45) is 4.56. The summed E-state index contributed by atoms with van der Waals surface area (Å²) >= 11 is 3.16. The highest BCUT2D eigenvalue weighted by molar-refractivity contribution is 9.10. The monoisotopic (exact) mass is 291 g/mol. The van der Waals surface area contributed by atoms with Crippen molar-refractivity contribution in [3.8, 4) is 0 Å². The van der Waals surface area contributed by atoms with Gasteiger partial charge in [0.1, 0.15) is 4.60 Å². The number of halogens is 1. The van der Waals surface area contributed by atoms with E-state index in [2.05, 4.69) is 25.9 Å². The minimum absolute atomic E-state index is 0.199. The van der Waals surface area contributed by atoms with E-state index in [-0.39, 0.29) is 5.75 Å². The zero-order valence-electron chi connectivity index (χ0n) is 7.93. The van der Waals surface area contributed by atoms with Crippen LogP contribution < -0.4 is 4.31 Å². The van der Waals surface area contributed by atoms with E-state index in [0.29, 0.717) is 17.0 Å². The Hall–Kier alpha value is -0.690. The van der Waals surface area contributed by atoms with E-state index in [1.807, 2.05) is 0 Å². The largest absolute Gasteiger partial charge is 0.252 e. The van der Waals surface area contributed by atoms with Crippen LogP contribution in [0.5, 0.6) is 0 Å². The fourth-order valence-corrected chi connectivity index (χ4v) is 3.26. The van der Waals surface area contributed by atoms with Gasteiger partial charge in [0.25, 0.3) is 0 Å². The molecule has 0 N–H and O–H groups in total. The average Bonchev–Trinajstić information content (AvgIpc) is 2.19. The molecule has 0 spiro atoms. The van der Waals surface area contributed by atoms with Crippen molar-refractivity contribution in [3.63, 3.8) is 0 Å². The van der Waals surface area contributed by atoms with Crippen molar-refractivity contribution in [1.29, 1.82) is 0 Å². The van der Waals surface area contributed by atoms with E-state index >= 15 is 0 Å². The van der Waals surface area contributed by atoms with E-state index in [4.69, 9.17) is 0 Å². The van der Waals surface area contributed by atoms with E-state index in [9.17, 15) is 8.42 Å². The first-order valence-corrected chi connectivity index (χ1v) is 6.98. The van der Waals surface area contributed by atoms with Crippen molar-refractivity contribution in [2.45, 2.75) is 12.8 Å². The molecule has 0 unspecified atom stereocenters. The summed E-state index contributed by atoms with van der Waals surface area (Å²) in [7, 11) is -3.17. The van der Waals surface area contributed by atoms with Crippen LogP contribution in [0.4, 0.5) is 5.82 Å². The second-order valence-electron chi connectivity index (χ2n) is 3.29. The molecule has 0 amide bonds. The molecule has 1 aliphatic heterocycles. The van der Waals surface area contributed by atoms with Crippen LogP contribution in [0.3, 0.4) is 0 Å². The van der Waals surface area contributed by atoms with E-state index in [0.717, 1.165) is 12.8 Å². The summed E-state index contributed by atoms with van der Waals surface area (Å²) in [4.78, 5) is 8.00. The van der Waals surface area contributed by atoms with E-state index < -0.39 is 10.0 Å². The van der Waals surface area contributed by atoms with Crippen LogP contribution >= 0.6 is 15.9 Å². The molecule has 1 aliphatic rings. The van der Waals surface area contributed by atoms with Gasteiger partial charge < -0.3 is 0 Å². The Bertz CT molecular complexity index is 445. The molecule has 15 heavy (non-hydrogen) atoms. The van der Waals surface area contributed by atoms with Gasteiger partial charge in [-0.3, -0.25) is 4.31 Å². The molecule has 1 fully saturated rings. The van der Waals surface area contributed by atoms with Gasteiger partial charge in [-0.1, -0.05) is 0 Å².